The minimum Gasteiger partial charge on any atom is -0.359 e. The standard InChI is InChI=1S/C15H22N4O2/c1-17-14(20)12-6-4-8-19(10-12)9-11-5-2-3-7-13(11)15(21)18-16/h2-3,5,7,12H,4,6,8-10,16H2,1H3,(H,17,20)(H,18,21). The third kappa shape index (κ3) is 3.80. The second-order valence-corrected chi connectivity index (χ2v) is 5.32. The number of hydrogen-bond donors (Lipinski definition) is 3. The molecule has 0 saturated carbocycles. The normalized spacial score (nSPS) is 19.0. The molecule has 0 bridgehead atoms. The van der Waals surface area contributed by atoms with Gasteiger partial charge >= 0.3 is 0 Å². The molecule has 2 amide bonds. The van der Waals surface area contributed by atoms with Crippen molar-refractivity contribution in [2.24, 2.45) is 11.8 Å². The van der Waals surface area contributed by atoms with E-state index >= 15 is 0 Å². The van der Waals surface area contributed by atoms with Crippen LogP contribution in [0.25, 0.3) is 0 Å². The van der Waals surface area contributed by atoms with Crippen molar-refractivity contribution in [1.29, 1.82) is 0 Å². The Labute approximate surface area is 124 Å². The van der Waals surface area contributed by atoms with Crippen LogP contribution < -0.4 is 16.6 Å². The Kier molecular flexibility index (Phi) is 5.30. The molecule has 1 aliphatic heterocycles. The highest BCUT2D eigenvalue weighted by Gasteiger charge is 2.25. The van der Waals surface area contributed by atoms with Crippen LogP contribution in [-0.4, -0.2) is 36.9 Å². The molecule has 0 aromatic heterocycles. The van der Waals surface area contributed by atoms with Crippen LogP contribution in [0.15, 0.2) is 24.3 Å². The smallest absolute Gasteiger partial charge is 0.265 e. The number of hydrazine groups is 1. The Hall–Kier alpha value is -1.92. The van der Waals surface area contributed by atoms with E-state index in [1.807, 2.05) is 18.2 Å². The maximum Gasteiger partial charge on any atom is 0.265 e. The minimum absolute atomic E-state index is 0.0271. The number of nitrogen functional groups attached to an aromatic ring is 1. The molecule has 0 spiro atoms. The molecule has 6 nitrogen and oxygen atoms in total. The number of nitrogens with zero attached hydrogens (tertiary/aromatic N) is 1. The Morgan fingerprint density at radius 3 is 2.86 bits per heavy atom. The fourth-order valence-corrected chi connectivity index (χ4v) is 2.82. The first kappa shape index (κ1) is 15.5. The van der Waals surface area contributed by atoms with E-state index in [-0.39, 0.29) is 17.7 Å². The highest BCUT2D eigenvalue weighted by molar-refractivity contribution is 5.95. The molecular weight excluding hydrogens is 268 g/mol. The van der Waals surface area contributed by atoms with E-state index < -0.39 is 0 Å². The van der Waals surface area contributed by atoms with Gasteiger partial charge in [-0.05, 0) is 31.0 Å². The van der Waals surface area contributed by atoms with Gasteiger partial charge < -0.3 is 5.32 Å². The summed E-state index contributed by atoms with van der Waals surface area (Å²) < 4.78 is 0. The van der Waals surface area contributed by atoms with E-state index in [0.29, 0.717) is 12.1 Å². The number of amides is 2. The fourth-order valence-electron chi connectivity index (χ4n) is 2.82. The molecule has 1 unspecified atom stereocenters. The van der Waals surface area contributed by atoms with Crippen LogP contribution in [0.4, 0.5) is 0 Å². The molecule has 114 valence electrons. The van der Waals surface area contributed by atoms with Crippen molar-refractivity contribution >= 4 is 11.8 Å². The number of hydrogen-bond acceptors (Lipinski definition) is 4. The van der Waals surface area contributed by atoms with Crippen LogP contribution >= 0.6 is 0 Å². The van der Waals surface area contributed by atoms with E-state index in [0.717, 1.165) is 31.5 Å². The van der Waals surface area contributed by atoms with Crippen LogP contribution in [0.1, 0.15) is 28.8 Å². The molecule has 1 saturated heterocycles. The van der Waals surface area contributed by atoms with Crippen molar-refractivity contribution in [2.75, 3.05) is 20.1 Å². The summed E-state index contributed by atoms with van der Waals surface area (Å²) in [5.41, 5.74) is 3.69. The summed E-state index contributed by atoms with van der Waals surface area (Å²) in [6, 6.07) is 7.41. The zero-order chi connectivity index (χ0) is 15.2. The lowest BCUT2D eigenvalue weighted by Crippen LogP contribution is -2.42. The SMILES string of the molecule is CNC(=O)C1CCCN(Cc2ccccc2C(=O)NN)C1. The quantitative estimate of drug-likeness (QED) is 0.421. The summed E-state index contributed by atoms with van der Waals surface area (Å²) in [4.78, 5) is 25.8. The van der Waals surface area contributed by atoms with Gasteiger partial charge in [-0.1, -0.05) is 18.2 Å². The van der Waals surface area contributed by atoms with E-state index in [1.54, 1.807) is 13.1 Å². The molecule has 1 aliphatic rings. The van der Waals surface area contributed by atoms with E-state index in [2.05, 4.69) is 15.6 Å². The highest BCUT2D eigenvalue weighted by Crippen LogP contribution is 2.20. The minimum atomic E-state index is -0.287. The van der Waals surface area contributed by atoms with E-state index in [4.69, 9.17) is 5.84 Å². The van der Waals surface area contributed by atoms with Crippen molar-refractivity contribution in [3.8, 4) is 0 Å². The molecule has 0 radical (unpaired) electrons. The van der Waals surface area contributed by atoms with Gasteiger partial charge in [0.2, 0.25) is 5.91 Å². The molecule has 1 heterocycles. The number of rotatable bonds is 4. The maximum absolute atomic E-state index is 11.8. The van der Waals surface area contributed by atoms with Gasteiger partial charge in [0.05, 0.1) is 5.92 Å². The number of piperidine rings is 1. The Morgan fingerprint density at radius 2 is 2.14 bits per heavy atom. The van der Waals surface area contributed by atoms with Gasteiger partial charge in [-0.3, -0.25) is 19.9 Å². The molecule has 1 aromatic carbocycles. The summed E-state index contributed by atoms with van der Waals surface area (Å²) in [6.45, 7) is 2.31. The predicted molar refractivity (Wildman–Crippen MR) is 80.2 cm³/mol. The lowest BCUT2D eigenvalue weighted by molar-refractivity contribution is -0.126. The van der Waals surface area contributed by atoms with Gasteiger partial charge in [0, 0.05) is 25.7 Å². The van der Waals surface area contributed by atoms with Gasteiger partial charge in [0.25, 0.3) is 5.91 Å². The predicted octanol–water partition coefficient (Wildman–Crippen LogP) is 0.248. The lowest BCUT2D eigenvalue weighted by Gasteiger charge is -2.32. The molecule has 6 heteroatoms. The fraction of sp³-hybridized carbons (Fsp3) is 0.467. The first-order valence-electron chi connectivity index (χ1n) is 7.18. The van der Waals surface area contributed by atoms with Crippen LogP contribution in [0.5, 0.6) is 0 Å². The highest BCUT2D eigenvalue weighted by atomic mass is 16.2. The summed E-state index contributed by atoms with van der Waals surface area (Å²) in [6.07, 6.45) is 1.91. The van der Waals surface area contributed by atoms with Gasteiger partial charge in [0.1, 0.15) is 0 Å². The third-order valence-electron chi connectivity index (χ3n) is 3.91. The molecule has 1 atom stereocenters. The second-order valence-electron chi connectivity index (χ2n) is 5.32. The number of carbonyl (C=O) groups is 2. The molecule has 0 aliphatic carbocycles. The Bertz CT molecular complexity index is 518. The molecule has 1 fully saturated rings. The van der Waals surface area contributed by atoms with Crippen LogP contribution in [0.2, 0.25) is 0 Å². The molecule has 4 N–H and O–H groups in total. The largest absolute Gasteiger partial charge is 0.359 e. The summed E-state index contributed by atoms with van der Waals surface area (Å²) in [5, 5.41) is 2.71. The molecule has 2 rings (SSSR count). The number of likely N-dealkylation sites (tertiary alicyclic amines) is 1. The number of nitrogens with two attached hydrogens (primary N) is 1. The van der Waals surface area contributed by atoms with Crippen molar-refractivity contribution in [2.45, 2.75) is 19.4 Å². The van der Waals surface area contributed by atoms with Crippen LogP contribution in [0.3, 0.4) is 0 Å². The average Bonchev–Trinajstić information content (AvgIpc) is 2.54. The van der Waals surface area contributed by atoms with Crippen LogP contribution in [-0.2, 0) is 11.3 Å². The number of nitrogens with one attached hydrogen (secondary N) is 2. The number of benzene rings is 1. The van der Waals surface area contributed by atoms with E-state index in [9.17, 15) is 9.59 Å². The van der Waals surface area contributed by atoms with Crippen molar-refractivity contribution in [3.63, 3.8) is 0 Å². The van der Waals surface area contributed by atoms with Gasteiger partial charge in [-0.2, -0.15) is 0 Å². The van der Waals surface area contributed by atoms with Crippen molar-refractivity contribution in [3.05, 3.63) is 35.4 Å². The van der Waals surface area contributed by atoms with Gasteiger partial charge in [0.15, 0.2) is 0 Å². The lowest BCUT2D eigenvalue weighted by atomic mass is 9.96. The average molecular weight is 290 g/mol. The van der Waals surface area contributed by atoms with Crippen molar-refractivity contribution < 1.29 is 9.59 Å². The Morgan fingerprint density at radius 1 is 1.38 bits per heavy atom. The monoisotopic (exact) mass is 290 g/mol. The third-order valence-corrected chi connectivity index (χ3v) is 3.91. The second kappa shape index (κ2) is 7.19. The Balaban J connectivity index is 2.08. The van der Waals surface area contributed by atoms with Crippen molar-refractivity contribution in [1.82, 2.24) is 15.6 Å². The zero-order valence-corrected chi connectivity index (χ0v) is 12.3. The summed E-state index contributed by atoms with van der Waals surface area (Å²) in [7, 11) is 1.67. The van der Waals surface area contributed by atoms with E-state index in [1.165, 1.54) is 0 Å². The molecular formula is C15H22N4O2. The summed E-state index contributed by atoms with van der Waals surface area (Å²) >= 11 is 0. The molecule has 1 aromatic rings. The first-order valence-corrected chi connectivity index (χ1v) is 7.18. The van der Waals surface area contributed by atoms with Crippen LogP contribution in [0, 0.1) is 5.92 Å². The number of carbonyl (C=O) groups excluding carboxylic acids is 2. The van der Waals surface area contributed by atoms with Gasteiger partial charge in [-0.15, -0.1) is 0 Å². The summed E-state index contributed by atoms with van der Waals surface area (Å²) in [5.74, 6) is 5.05. The van der Waals surface area contributed by atoms with Gasteiger partial charge in [-0.25, -0.2) is 5.84 Å². The first-order chi connectivity index (χ1) is 10.2. The molecule has 21 heavy (non-hydrogen) atoms. The zero-order valence-electron chi connectivity index (χ0n) is 12.3. The topological polar surface area (TPSA) is 87.5 Å². The maximum atomic E-state index is 11.8.